The number of hydrogen-bond acceptors (Lipinski definition) is 2. The molecule has 0 saturated heterocycles. The Labute approximate surface area is 189 Å². The van der Waals surface area contributed by atoms with E-state index < -0.39 is 28.2 Å². The van der Waals surface area contributed by atoms with Gasteiger partial charge >= 0.3 is 190 Å². The quantitative estimate of drug-likeness (QED) is 0.236. The second-order valence-electron chi connectivity index (χ2n) is 8.71. The zero-order valence-corrected chi connectivity index (χ0v) is 22.8. The van der Waals surface area contributed by atoms with Crippen molar-refractivity contribution < 1.29 is 8.42 Å². The number of sulfone groups is 1. The molecule has 0 radical (unpaired) electrons. The van der Waals surface area contributed by atoms with Gasteiger partial charge in [-0.05, 0) is 0 Å². The first-order chi connectivity index (χ1) is 14.5. The van der Waals surface area contributed by atoms with Crippen molar-refractivity contribution >= 4 is 28.2 Å². The van der Waals surface area contributed by atoms with E-state index in [1.165, 1.54) is 38.1 Å². The Morgan fingerprint density at radius 3 is 1.57 bits per heavy atom. The van der Waals surface area contributed by atoms with E-state index >= 15 is 0 Å². The van der Waals surface area contributed by atoms with Crippen LogP contribution in [-0.4, -0.2) is 30.1 Å². The number of unbranched alkanes of at least 4 members (excludes halogenated alkanes) is 3. The number of benzene rings is 2. The first-order valence-corrected chi connectivity index (χ1v) is 21.1. The second-order valence-corrected chi connectivity index (χ2v) is 26.1. The van der Waals surface area contributed by atoms with Gasteiger partial charge < -0.3 is 0 Å². The Morgan fingerprint density at radius 2 is 1.13 bits per heavy atom. The minimum absolute atomic E-state index is 0.179. The van der Waals surface area contributed by atoms with Crippen LogP contribution < -0.4 is 0 Å². The van der Waals surface area contributed by atoms with Crippen LogP contribution >= 0.6 is 0 Å². The third kappa shape index (κ3) is 6.85. The van der Waals surface area contributed by atoms with Crippen LogP contribution in [0.2, 0.25) is 13.3 Å². The second kappa shape index (κ2) is 12.9. The molecule has 0 aliphatic rings. The van der Waals surface area contributed by atoms with Gasteiger partial charge in [0.1, 0.15) is 0 Å². The third-order valence-electron chi connectivity index (χ3n) is 6.48. The molecule has 0 bridgehead atoms. The van der Waals surface area contributed by atoms with Gasteiger partial charge in [0.25, 0.3) is 0 Å². The van der Waals surface area contributed by atoms with Crippen LogP contribution in [0.25, 0.3) is 0 Å². The molecule has 166 valence electrons. The summed E-state index contributed by atoms with van der Waals surface area (Å²) in [6.07, 6.45) is 7.68. The van der Waals surface area contributed by atoms with Crippen molar-refractivity contribution in [3.63, 3.8) is 0 Å². The maximum absolute atomic E-state index is 14.1. The maximum atomic E-state index is 14.1. The van der Waals surface area contributed by atoms with Crippen LogP contribution in [0.5, 0.6) is 0 Å². The van der Waals surface area contributed by atoms with Crippen molar-refractivity contribution in [2.45, 2.75) is 87.2 Å². The molecule has 1 atom stereocenters. The molecule has 0 aliphatic carbocycles. The third-order valence-corrected chi connectivity index (χ3v) is 30.4. The number of hydrogen-bond donors (Lipinski definition) is 0. The summed E-state index contributed by atoms with van der Waals surface area (Å²) in [7, 11) is -3.35. The molecule has 2 nitrogen and oxygen atoms in total. The monoisotopic (exact) mass is 536 g/mol. The molecule has 0 fully saturated rings. The minimum atomic E-state index is -3.35. The molecule has 0 saturated carbocycles. The average Bonchev–Trinajstić information content (AvgIpc) is 2.79. The van der Waals surface area contributed by atoms with Crippen molar-refractivity contribution in [3.8, 4) is 0 Å². The molecule has 0 heterocycles. The number of rotatable bonds is 14. The zero-order valence-electron chi connectivity index (χ0n) is 19.1. The van der Waals surface area contributed by atoms with Crippen molar-refractivity contribution in [3.05, 3.63) is 66.2 Å². The normalized spacial score (nSPS) is 13.3. The Kier molecular flexibility index (Phi) is 10.9. The van der Waals surface area contributed by atoms with Gasteiger partial charge in [0, 0.05) is 0 Å². The summed E-state index contributed by atoms with van der Waals surface area (Å²) in [4.78, 5) is 0.525. The predicted molar refractivity (Wildman–Crippen MR) is 132 cm³/mol. The Balaban J connectivity index is 2.60. The molecule has 0 aromatic heterocycles. The molecule has 0 spiro atoms. The van der Waals surface area contributed by atoms with E-state index in [0.717, 1.165) is 19.3 Å². The SMILES string of the molecule is CCC[CH2][Sn]([CH2]CCC)([CH2]CCC)[CH](Cc1ccccc1)S(=O)(=O)c1ccccc1. The summed E-state index contributed by atoms with van der Waals surface area (Å²) in [6, 6.07) is 19.6. The van der Waals surface area contributed by atoms with Crippen LogP contribution in [0.1, 0.15) is 64.9 Å². The Bertz CT molecular complexity index is 797. The first kappa shape index (κ1) is 25.4. The molecule has 2 aromatic carbocycles. The summed E-state index contributed by atoms with van der Waals surface area (Å²) < 4.78 is 31.7. The summed E-state index contributed by atoms with van der Waals surface area (Å²) in [5.74, 6) is 0. The van der Waals surface area contributed by atoms with Crippen molar-refractivity contribution in [2.24, 2.45) is 0 Å². The van der Waals surface area contributed by atoms with E-state index in [9.17, 15) is 8.42 Å². The van der Waals surface area contributed by atoms with Gasteiger partial charge in [-0.25, -0.2) is 0 Å². The van der Waals surface area contributed by atoms with Crippen LogP contribution in [0.4, 0.5) is 0 Å². The summed E-state index contributed by atoms with van der Waals surface area (Å²) in [5.41, 5.74) is 1.17. The standard InChI is InChI=1S/C14H13O2S.3C4H9.Sn/c15-17(16,14-9-5-2-6-10-14)12-11-13-7-3-1-4-8-13;3*1-3-4-2;/h1-10,12H,11H2;3*1,3-4H2,2H3;. The van der Waals surface area contributed by atoms with Gasteiger partial charge in [-0.3, -0.25) is 0 Å². The Morgan fingerprint density at radius 1 is 0.700 bits per heavy atom. The van der Waals surface area contributed by atoms with E-state index in [-0.39, 0.29) is 3.27 Å². The average molecular weight is 535 g/mol. The van der Waals surface area contributed by atoms with Gasteiger partial charge in [-0.2, -0.15) is 0 Å². The fourth-order valence-corrected chi connectivity index (χ4v) is 31.7. The van der Waals surface area contributed by atoms with Gasteiger partial charge in [-0.15, -0.1) is 0 Å². The van der Waals surface area contributed by atoms with Gasteiger partial charge in [0.05, 0.1) is 0 Å². The molecule has 1 unspecified atom stereocenters. The summed E-state index contributed by atoms with van der Waals surface area (Å²) in [6.45, 7) is 6.73. The molecule has 0 aliphatic heterocycles. The van der Waals surface area contributed by atoms with Crippen LogP contribution in [0.15, 0.2) is 65.6 Å². The molecule has 0 amide bonds. The molecule has 0 N–H and O–H groups in total. The van der Waals surface area contributed by atoms with Crippen LogP contribution in [0, 0.1) is 0 Å². The van der Waals surface area contributed by atoms with E-state index in [1.54, 1.807) is 0 Å². The van der Waals surface area contributed by atoms with Gasteiger partial charge in [-0.1, -0.05) is 0 Å². The van der Waals surface area contributed by atoms with Crippen molar-refractivity contribution in [1.82, 2.24) is 0 Å². The fraction of sp³-hybridized carbons (Fsp3) is 0.538. The molecular weight excluding hydrogens is 495 g/mol. The topological polar surface area (TPSA) is 34.1 Å². The van der Waals surface area contributed by atoms with Gasteiger partial charge in [0.15, 0.2) is 0 Å². The van der Waals surface area contributed by atoms with E-state index in [4.69, 9.17) is 0 Å². The molecule has 2 aromatic rings. The molecular formula is C26H40O2SSn. The van der Waals surface area contributed by atoms with E-state index in [2.05, 4.69) is 32.9 Å². The first-order valence-electron chi connectivity index (χ1n) is 11.8. The van der Waals surface area contributed by atoms with E-state index in [1.807, 2.05) is 48.5 Å². The predicted octanol–water partition coefficient (Wildman–Crippen LogP) is 7.46. The molecule has 30 heavy (non-hydrogen) atoms. The summed E-state index contributed by atoms with van der Waals surface area (Å²) >= 11 is -3.05. The fourth-order valence-electron chi connectivity index (χ4n) is 4.70. The molecule has 4 heteroatoms. The van der Waals surface area contributed by atoms with Gasteiger partial charge in [0.2, 0.25) is 0 Å². The Hall–Kier alpha value is -0.811. The van der Waals surface area contributed by atoms with Crippen molar-refractivity contribution in [1.29, 1.82) is 0 Å². The van der Waals surface area contributed by atoms with Crippen LogP contribution in [0.3, 0.4) is 0 Å². The van der Waals surface area contributed by atoms with E-state index in [0.29, 0.717) is 11.3 Å². The van der Waals surface area contributed by atoms with Crippen LogP contribution in [-0.2, 0) is 16.3 Å². The molecule has 2 rings (SSSR count). The zero-order chi connectivity index (χ0) is 21.9. The van der Waals surface area contributed by atoms with Crippen molar-refractivity contribution in [2.75, 3.05) is 0 Å². The summed E-state index contributed by atoms with van der Waals surface area (Å²) in [5, 5.41) is 0.